The molecule has 160 valence electrons. The number of carbonyl (C=O) groups is 2. The molecule has 0 N–H and O–H groups in total. The molecule has 0 unspecified atom stereocenters. The van der Waals surface area contributed by atoms with E-state index in [1.165, 1.54) is 0 Å². The lowest BCUT2D eigenvalue weighted by Gasteiger charge is -2.15. The highest BCUT2D eigenvalue weighted by atomic mass is 17.3. The number of benzene rings is 2. The molecular formula is C24H28O6. The van der Waals surface area contributed by atoms with Crippen LogP contribution < -0.4 is 0 Å². The lowest BCUT2D eigenvalue weighted by atomic mass is 10.0. The summed E-state index contributed by atoms with van der Waals surface area (Å²) in [5, 5.41) is 0. The van der Waals surface area contributed by atoms with Crippen molar-refractivity contribution in [2.75, 3.05) is 0 Å². The van der Waals surface area contributed by atoms with E-state index in [0.29, 0.717) is 17.5 Å². The van der Waals surface area contributed by atoms with Gasteiger partial charge in [0.25, 0.3) is 0 Å². The molecule has 2 aromatic carbocycles. The van der Waals surface area contributed by atoms with Gasteiger partial charge in [-0.25, -0.2) is 9.59 Å². The highest BCUT2D eigenvalue weighted by Gasteiger charge is 2.23. The first-order valence-corrected chi connectivity index (χ1v) is 9.90. The van der Waals surface area contributed by atoms with Gasteiger partial charge in [0.15, 0.2) is 0 Å². The first-order valence-electron chi connectivity index (χ1n) is 9.90. The van der Waals surface area contributed by atoms with E-state index in [0.717, 1.165) is 35.1 Å². The van der Waals surface area contributed by atoms with Crippen LogP contribution in [-0.4, -0.2) is 11.9 Å². The predicted octanol–water partition coefficient (Wildman–Crippen LogP) is 5.68. The third-order valence-corrected chi connectivity index (χ3v) is 4.67. The van der Waals surface area contributed by atoms with Gasteiger partial charge in [-0.3, -0.25) is 9.78 Å². The molecule has 2 aromatic rings. The molecule has 0 saturated carbocycles. The van der Waals surface area contributed by atoms with Gasteiger partial charge in [0.2, 0.25) is 0 Å². The molecular weight excluding hydrogens is 384 g/mol. The van der Waals surface area contributed by atoms with Crippen LogP contribution in [0.4, 0.5) is 0 Å². The second-order valence-electron chi connectivity index (χ2n) is 7.12. The Morgan fingerprint density at radius 1 is 0.700 bits per heavy atom. The maximum absolute atomic E-state index is 12.4. The summed E-state index contributed by atoms with van der Waals surface area (Å²) in [6.45, 7) is 11.0. The van der Waals surface area contributed by atoms with Crippen LogP contribution >= 0.6 is 0 Å². The number of aryl methyl sites for hydroxylation is 4. The maximum atomic E-state index is 12.4. The Balaban J connectivity index is 2.01. The maximum Gasteiger partial charge on any atom is 0.373 e. The van der Waals surface area contributed by atoms with Crippen molar-refractivity contribution < 1.29 is 29.1 Å². The molecule has 30 heavy (non-hydrogen) atoms. The van der Waals surface area contributed by atoms with Crippen molar-refractivity contribution in [1.29, 1.82) is 0 Å². The average molecular weight is 412 g/mol. The van der Waals surface area contributed by atoms with Gasteiger partial charge >= 0.3 is 18.2 Å². The van der Waals surface area contributed by atoms with Crippen LogP contribution in [0.1, 0.15) is 68.7 Å². The van der Waals surface area contributed by atoms with E-state index in [2.05, 4.69) is 6.92 Å². The summed E-state index contributed by atoms with van der Waals surface area (Å²) in [7, 11) is 0. The van der Waals surface area contributed by atoms with Crippen LogP contribution in [0.3, 0.4) is 0 Å². The quantitative estimate of drug-likeness (QED) is 0.284. The Morgan fingerprint density at radius 2 is 1.10 bits per heavy atom. The van der Waals surface area contributed by atoms with Gasteiger partial charge in [-0.05, 0) is 56.4 Å². The molecule has 6 nitrogen and oxygen atoms in total. The molecule has 0 heterocycles. The highest BCUT2D eigenvalue weighted by Crippen LogP contribution is 2.21. The van der Waals surface area contributed by atoms with Gasteiger partial charge in [-0.2, -0.15) is 0 Å². The molecule has 0 aromatic heterocycles. The van der Waals surface area contributed by atoms with Crippen molar-refractivity contribution in [2.45, 2.75) is 53.4 Å². The first-order chi connectivity index (χ1) is 14.3. The molecule has 6 heteroatoms. The van der Waals surface area contributed by atoms with E-state index in [4.69, 9.17) is 19.6 Å². The zero-order valence-corrected chi connectivity index (χ0v) is 17.9. The van der Waals surface area contributed by atoms with E-state index in [1.54, 1.807) is 0 Å². The van der Waals surface area contributed by atoms with Crippen LogP contribution in [0.15, 0.2) is 36.4 Å². The van der Waals surface area contributed by atoms with E-state index >= 15 is 0 Å². The molecule has 0 aliphatic heterocycles. The molecule has 0 spiro atoms. The third kappa shape index (κ3) is 6.40. The Hall–Kier alpha value is -2.70. The predicted molar refractivity (Wildman–Crippen MR) is 112 cm³/mol. The zero-order valence-electron chi connectivity index (χ0n) is 17.9. The monoisotopic (exact) mass is 412 g/mol. The number of rotatable bonds is 10. The molecule has 0 saturated heterocycles. The Morgan fingerprint density at radius 3 is 1.47 bits per heavy atom. The molecule has 2 rings (SSSR count). The fraction of sp³-hybridized carbons (Fsp3) is 0.333. The summed E-state index contributed by atoms with van der Waals surface area (Å²) in [4.78, 5) is 45.0. The van der Waals surface area contributed by atoms with Gasteiger partial charge < -0.3 is 0 Å². The molecule has 0 aliphatic rings. The summed E-state index contributed by atoms with van der Waals surface area (Å²) in [5.74, 6) is -1.30. The number of unbranched alkanes of at least 4 members (excludes halogenated alkanes) is 2. The van der Waals surface area contributed by atoms with E-state index in [9.17, 15) is 9.59 Å². The van der Waals surface area contributed by atoms with Crippen molar-refractivity contribution >= 4 is 11.9 Å². The van der Waals surface area contributed by atoms with Gasteiger partial charge in [0.1, 0.15) is 0 Å². The van der Waals surface area contributed by atoms with Gasteiger partial charge in [0, 0.05) is 6.42 Å². The van der Waals surface area contributed by atoms with Crippen molar-refractivity contribution in [3.05, 3.63) is 83.0 Å². The van der Waals surface area contributed by atoms with Crippen molar-refractivity contribution in [3.63, 3.8) is 0 Å². The largest absolute Gasteiger partial charge is 0.373 e. The van der Waals surface area contributed by atoms with Crippen molar-refractivity contribution in [1.82, 2.24) is 0 Å². The van der Waals surface area contributed by atoms with Crippen LogP contribution in [0.25, 0.3) is 0 Å². The SMILES string of the molecule is [CH2]CCCC[C](OOC(=O)c1c(C)cccc1C)OOC(=O)c1c(C)cccc1C. The fourth-order valence-electron chi connectivity index (χ4n) is 3.07. The van der Waals surface area contributed by atoms with Gasteiger partial charge in [0.05, 0.1) is 11.1 Å². The first kappa shape index (κ1) is 23.6. The number of hydrogen-bond acceptors (Lipinski definition) is 6. The molecule has 0 amide bonds. The molecule has 0 atom stereocenters. The van der Waals surface area contributed by atoms with Crippen LogP contribution in [0, 0.1) is 40.9 Å². The Bertz CT molecular complexity index is 766. The molecule has 0 aliphatic carbocycles. The molecule has 0 bridgehead atoms. The normalized spacial score (nSPS) is 10.9. The fourth-order valence-corrected chi connectivity index (χ4v) is 3.07. The summed E-state index contributed by atoms with van der Waals surface area (Å²) in [5.41, 5.74) is 3.91. The smallest absolute Gasteiger partial charge is 0.289 e. The molecule has 2 radical (unpaired) electrons. The number of carbonyl (C=O) groups excluding carboxylic acids is 2. The number of hydrogen-bond donors (Lipinski definition) is 0. The summed E-state index contributed by atoms with van der Waals surface area (Å²) in [6, 6.07) is 11.0. The topological polar surface area (TPSA) is 71.1 Å². The van der Waals surface area contributed by atoms with E-state index < -0.39 is 11.9 Å². The van der Waals surface area contributed by atoms with Crippen molar-refractivity contribution in [3.8, 4) is 0 Å². The minimum atomic E-state index is -0.648. The van der Waals surface area contributed by atoms with Crippen LogP contribution in [-0.2, 0) is 19.6 Å². The van der Waals surface area contributed by atoms with Gasteiger partial charge in [-0.1, -0.05) is 56.2 Å². The summed E-state index contributed by atoms with van der Waals surface area (Å²) in [6.07, 6.45) is 2.39. The third-order valence-electron chi connectivity index (χ3n) is 4.67. The van der Waals surface area contributed by atoms with Gasteiger partial charge in [-0.15, -0.1) is 9.78 Å². The minimum Gasteiger partial charge on any atom is -0.289 e. The summed E-state index contributed by atoms with van der Waals surface area (Å²) < 4.78 is 0. The average Bonchev–Trinajstić information content (AvgIpc) is 2.69. The zero-order chi connectivity index (χ0) is 22.1. The van der Waals surface area contributed by atoms with Crippen LogP contribution in [0.2, 0.25) is 0 Å². The lowest BCUT2D eigenvalue weighted by molar-refractivity contribution is -0.364. The molecule has 0 fully saturated rings. The minimum absolute atomic E-state index is 0.109. The lowest BCUT2D eigenvalue weighted by Crippen LogP contribution is -2.18. The second-order valence-corrected chi connectivity index (χ2v) is 7.12. The summed E-state index contributed by atoms with van der Waals surface area (Å²) >= 11 is 0. The van der Waals surface area contributed by atoms with E-state index in [1.807, 2.05) is 64.1 Å². The highest BCUT2D eigenvalue weighted by molar-refractivity contribution is 5.92. The van der Waals surface area contributed by atoms with E-state index in [-0.39, 0.29) is 12.7 Å². The second kappa shape index (κ2) is 11.5. The Labute approximate surface area is 178 Å². The standard InChI is InChI=1S/C24H28O6/c1-6-7-8-15-20(27-29-23(25)21-16(2)11-9-12-17(21)3)28-30-24(26)22-18(4)13-10-14-19(22)5/h9-14H,1,6-8,15H2,2-5H3. The van der Waals surface area contributed by atoms with Crippen molar-refractivity contribution in [2.24, 2.45) is 0 Å². The Kier molecular flexibility index (Phi) is 9.02. The van der Waals surface area contributed by atoms with Crippen LogP contribution in [0.5, 0.6) is 0 Å².